The average Bonchev–Trinajstić information content (AvgIpc) is 2.85. The van der Waals surface area contributed by atoms with Crippen LogP contribution in [0.2, 0.25) is 0 Å². The van der Waals surface area contributed by atoms with E-state index in [0.717, 1.165) is 5.57 Å². The molecule has 1 saturated carbocycles. The molecule has 1 unspecified atom stereocenters. The zero-order valence-corrected chi connectivity index (χ0v) is 13.1. The fraction of sp³-hybridized carbons (Fsp3) is 0.643. The molecule has 1 atom stereocenters. The summed E-state index contributed by atoms with van der Waals surface area (Å²) >= 11 is 5.77. The standard InChI is InChI=1S/C14H19ClF2N2O3/c1-3-9(5-4-8(2)15)10-18-11(22-19-10)13(12(20)21)6-14(16,17)7-13/h4-5,11-12,20-21H,3,6-7H2,1-2H3,(H,18,19)/b8-4+,9-5+. The van der Waals surface area contributed by atoms with E-state index in [1.54, 1.807) is 19.1 Å². The molecule has 0 spiro atoms. The van der Waals surface area contributed by atoms with Crippen LogP contribution in [0.1, 0.15) is 33.1 Å². The van der Waals surface area contributed by atoms with Gasteiger partial charge in [-0.3, -0.25) is 0 Å². The van der Waals surface area contributed by atoms with E-state index in [0.29, 0.717) is 17.3 Å². The van der Waals surface area contributed by atoms with Gasteiger partial charge >= 0.3 is 0 Å². The lowest BCUT2D eigenvalue weighted by Crippen LogP contribution is -2.63. The molecule has 1 aliphatic heterocycles. The third-order valence-electron chi connectivity index (χ3n) is 3.93. The SMILES string of the molecule is CC/C(=C\C=C(/C)Cl)C1=NOC(C2(C(O)O)CC(F)(F)C2)N1. The summed E-state index contributed by atoms with van der Waals surface area (Å²) in [5.41, 5.74) is -0.692. The Hall–Kier alpha value is -1.18. The van der Waals surface area contributed by atoms with Crippen molar-refractivity contribution in [3.05, 3.63) is 22.8 Å². The van der Waals surface area contributed by atoms with Crippen molar-refractivity contribution in [2.45, 2.75) is 51.6 Å². The Balaban J connectivity index is 2.11. The molecule has 3 N–H and O–H groups in total. The van der Waals surface area contributed by atoms with Gasteiger partial charge in [0.2, 0.25) is 12.2 Å². The molecular formula is C14H19ClF2N2O3. The zero-order chi connectivity index (χ0) is 16.5. The maximum Gasteiger partial charge on any atom is 0.250 e. The van der Waals surface area contributed by atoms with Crippen LogP contribution in [-0.2, 0) is 4.84 Å². The van der Waals surface area contributed by atoms with Crippen molar-refractivity contribution in [3.8, 4) is 0 Å². The highest BCUT2D eigenvalue weighted by molar-refractivity contribution is 6.29. The maximum absolute atomic E-state index is 13.2. The minimum Gasteiger partial charge on any atom is -0.368 e. The lowest BCUT2D eigenvalue weighted by atomic mass is 9.64. The fourth-order valence-corrected chi connectivity index (χ4v) is 2.74. The van der Waals surface area contributed by atoms with E-state index in [1.165, 1.54) is 0 Å². The van der Waals surface area contributed by atoms with Crippen LogP contribution in [-0.4, -0.2) is 34.5 Å². The van der Waals surface area contributed by atoms with Crippen LogP contribution < -0.4 is 5.32 Å². The van der Waals surface area contributed by atoms with Gasteiger partial charge in [-0.05, 0) is 25.0 Å². The number of oxime groups is 1. The molecule has 8 heteroatoms. The van der Waals surface area contributed by atoms with Crippen LogP contribution in [0.5, 0.6) is 0 Å². The quantitative estimate of drug-likeness (QED) is 0.532. The lowest BCUT2D eigenvalue weighted by molar-refractivity contribution is -0.291. The Labute approximate surface area is 132 Å². The van der Waals surface area contributed by atoms with Gasteiger partial charge in [0.1, 0.15) is 0 Å². The van der Waals surface area contributed by atoms with Gasteiger partial charge in [0, 0.05) is 17.9 Å². The Morgan fingerprint density at radius 2 is 2.14 bits per heavy atom. The van der Waals surface area contributed by atoms with Gasteiger partial charge in [-0.1, -0.05) is 29.8 Å². The molecule has 0 radical (unpaired) electrons. The van der Waals surface area contributed by atoms with Crippen LogP contribution in [0, 0.1) is 5.41 Å². The Bertz CT molecular complexity index is 520. The van der Waals surface area contributed by atoms with E-state index < -0.39 is 36.7 Å². The number of allylic oxidation sites excluding steroid dienone is 3. The summed E-state index contributed by atoms with van der Waals surface area (Å²) in [4.78, 5) is 5.15. The predicted octanol–water partition coefficient (Wildman–Crippen LogP) is 2.45. The number of alkyl halides is 2. The van der Waals surface area contributed by atoms with Gasteiger partial charge < -0.3 is 20.4 Å². The van der Waals surface area contributed by atoms with Crippen molar-refractivity contribution >= 4 is 17.4 Å². The van der Waals surface area contributed by atoms with Gasteiger partial charge in [0.25, 0.3) is 0 Å². The van der Waals surface area contributed by atoms with E-state index in [2.05, 4.69) is 10.5 Å². The molecule has 2 rings (SSSR count). The molecule has 0 bridgehead atoms. The first-order chi connectivity index (χ1) is 10.2. The van der Waals surface area contributed by atoms with Crippen molar-refractivity contribution in [1.29, 1.82) is 0 Å². The summed E-state index contributed by atoms with van der Waals surface area (Å²) in [6.07, 6.45) is -0.193. The Kier molecular flexibility index (Phi) is 4.79. The number of hydrogen-bond donors (Lipinski definition) is 3. The lowest BCUT2D eigenvalue weighted by Gasteiger charge is -2.49. The summed E-state index contributed by atoms with van der Waals surface area (Å²) in [5, 5.41) is 26.3. The largest absolute Gasteiger partial charge is 0.368 e. The van der Waals surface area contributed by atoms with Crippen LogP contribution in [0.4, 0.5) is 8.78 Å². The van der Waals surface area contributed by atoms with E-state index >= 15 is 0 Å². The van der Waals surface area contributed by atoms with Gasteiger partial charge in [-0.2, -0.15) is 0 Å². The number of aliphatic hydroxyl groups excluding tert-OH is 1. The highest BCUT2D eigenvalue weighted by Crippen LogP contribution is 2.56. The summed E-state index contributed by atoms with van der Waals surface area (Å²) in [7, 11) is 0. The van der Waals surface area contributed by atoms with E-state index in [9.17, 15) is 19.0 Å². The molecule has 0 aromatic carbocycles. The van der Waals surface area contributed by atoms with Crippen molar-refractivity contribution in [2.75, 3.05) is 0 Å². The van der Waals surface area contributed by atoms with Gasteiger partial charge in [0.05, 0.1) is 5.41 Å². The molecule has 0 aromatic rings. The van der Waals surface area contributed by atoms with E-state index in [4.69, 9.17) is 16.4 Å². The second kappa shape index (κ2) is 6.14. The second-order valence-electron chi connectivity index (χ2n) is 5.68. The maximum atomic E-state index is 13.2. The molecule has 5 nitrogen and oxygen atoms in total. The van der Waals surface area contributed by atoms with Crippen molar-refractivity contribution in [2.24, 2.45) is 10.6 Å². The molecule has 1 fully saturated rings. The number of aliphatic hydroxyl groups is 2. The van der Waals surface area contributed by atoms with Crippen LogP contribution in [0.15, 0.2) is 27.9 Å². The smallest absolute Gasteiger partial charge is 0.250 e. The van der Waals surface area contributed by atoms with Crippen molar-refractivity contribution in [3.63, 3.8) is 0 Å². The topological polar surface area (TPSA) is 74.1 Å². The zero-order valence-electron chi connectivity index (χ0n) is 12.3. The summed E-state index contributed by atoms with van der Waals surface area (Å²) in [5.74, 6) is -2.53. The minimum atomic E-state index is -2.92. The third kappa shape index (κ3) is 3.26. The summed E-state index contributed by atoms with van der Waals surface area (Å²) < 4.78 is 26.4. The fourth-order valence-electron chi connectivity index (χ4n) is 2.68. The highest BCUT2D eigenvalue weighted by atomic mass is 35.5. The normalized spacial score (nSPS) is 27.1. The molecular weight excluding hydrogens is 318 g/mol. The van der Waals surface area contributed by atoms with Crippen LogP contribution in [0.3, 0.4) is 0 Å². The van der Waals surface area contributed by atoms with Gasteiger partial charge in [-0.15, -0.1) is 0 Å². The predicted molar refractivity (Wildman–Crippen MR) is 78.3 cm³/mol. The summed E-state index contributed by atoms with van der Waals surface area (Å²) in [6, 6.07) is 0. The second-order valence-corrected chi connectivity index (χ2v) is 6.28. The van der Waals surface area contributed by atoms with Gasteiger partial charge in [0.15, 0.2) is 12.1 Å². The number of amidine groups is 1. The number of nitrogens with zero attached hydrogens (tertiary/aromatic N) is 1. The third-order valence-corrected chi connectivity index (χ3v) is 4.05. The Morgan fingerprint density at radius 3 is 2.59 bits per heavy atom. The molecule has 124 valence electrons. The number of halogens is 3. The first kappa shape index (κ1) is 17.2. The molecule has 0 aromatic heterocycles. The van der Waals surface area contributed by atoms with Crippen molar-refractivity contribution < 1.29 is 23.8 Å². The molecule has 2 aliphatic rings. The molecule has 1 aliphatic carbocycles. The van der Waals surface area contributed by atoms with Gasteiger partial charge in [-0.25, -0.2) is 8.78 Å². The molecule has 1 heterocycles. The highest BCUT2D eigenvalue weighted by Gasteiger charge is 2.66. The first-order valence-electron chi connectivity index (χ1n) is 6.98. The monoisotopic (exact) mass is 336 g/mol. The number of rotatable bonds is 5. The van der Waals surface area contributed by atoms with E-state index in [-0.39, 0.29) is 0 Å². The Morgan fingerprint density at radius 1 is 1.50 bits per heavy atom. The van der Waals surface area contributed by atoms with Crippen LogP contribution in [0.25, 0.3) is 0 Å². The molecule has 0 saturated heterocycles. The minimum absolute atomic E-state index is 0.386. The molecule has 22 heavy (non-hydrogen) atoms. The van der Waals surface area contributed by atoms with Crippen LogP contribution >= 0.6 is 11.6 Å². The summed E-state index contributed by atoms with van der Waals surface area (Å²) in [6.45, 7) is 3.62. The molecule has 0 amide bonds. The van der Waals surface area contributed by atoms with Crippen molar-refractivity contribution in [1.82, 2.24) is 5.32 Å². The first-order valence-corrected chi connectivity index (χ1v) is 7.35. The van der Waals surface area contributed by atoms with E-state index in [1.807, 2.05) is 6.92 Å². The average molecular weight is 337 g/mol. The number of nitrogens with one attached hydrogen (secondary N) is 1. The number of hydrogen-bond acceptors (Lipinski definition) is 5.